The maximum Gasteiger partial charge on any atom is 0.273 e. The molecule has 9 heteroatoms. The van der Waals surface area contributed by atoms with Gasteiger partial charge in [0.2, 0.25) is 10.0 Å². The normalized spacial score (nSPS) is 11.4. The maximum atomic E-state index is 12.5. The first-order valence-electron chi connectivity index (χ1n) is 8.37. The molecule has 0 fully saturated rings. The van der Waals surface area contributed by atoms with Gasteiger partial charge in [0, 0.05) is 36.0 Å². The molecule has 0 atom stereocenters. The Morgan fingerprint density at radius 2 is 1.70 bits per heavy atom. The van der Waals surface area contributed by atoms with Crippen molar-refractivity contribution >= 4 is 27.3 Å². The fourth-order valence-corrected chi connectivity index (χ4v) is 4.15. The number of anilines is 1. The molecule has 27 heavy (non-hydrogen) atoms. The Morgan fingerprint density at radius 3 is 2.22 bits per heavy atom. The third-order valence-corrected chi connectivity index (χ3v) is 6.27. The van der Waals surface area contributed by atoms with Crippen molar-refractivity contribution in [3.8, 4) is 0 Å². The summed E-state index contributed by atoms with van der Waals surface area (Å²) >= 11 is 0. The number of carbonyl (C=O) groups is 1. The van der Waals surface area contributed by atoms with Gasteiger partial charge in [-0.2, -0.15) is 4.31 Å². The highest BCUT2D eigenvalue weighted by Crippen LogP contribution is 2.23. The summed E-state index contributed by atoms with van der Waals surface area (Å²) in [6, 6.07) is 10.1. The minimum Gasteiger partial charge on any atom is -0.322 e. The molecular weight excluding hydrogens is 370 g/mol. The third kappa shape index (κ3) is 4.32. The van der Waals surface area contributed by atoms with Crippen LogP contribution in [0.1, 0.15) is 29.8 Å². The second kappa shape index (κ2) is 8.28. The van der Waals surface area contributed by atoms with Crippen molar-refractivity contribution in [1.29, 1.82) is 0 Å². The Labute approximate surface area is 158 Å². The zero-order valence-corrected chi connectivity index (χ0v) is 16.1. The molecule has 2 aromatic rings. The lowest BCUT2D eigenvalue weighted by molar-refractivity contribution is -0.385. The van der Waals surface area contributed by atoms with Crippen molar-refractivity contribution < 1.29 is 18.1 Å². The molecule has 0 saturated heterocycles. The van der Waals surface area contributed by atoms with Gasteiger partial charge in [-0.05, 0) is 37.3 Å². The van der Waals surface area contributed by atoms with Crippen LogP contribution in [0, 0.1) is 17.0 Å². The minimum atomic E-state index is -3.57. The molecule has 0 unspecified atom stereocenters. The van der Waals surface area contributed by atoms with Crippen molar-refractivity contribution in [2.45, 2.75) is 25.7 Å². The van der Waals surface area contributed by atoms with Gasteiger partial charge in [-0.3, -0.25) is 14.9 Å². The van der Waals surface area contributed by atoms with Crippen molar-refractivity contribution in [2.75, 3.05) is 18.4 Å². The molecule has 0 saturated carbocycles. The SMILES string of the molecule is CCN(CC)S(=O)(=O)c1ccc(NC(=O)c2cccc([N+](=O)[O-])c2C)cc1. The van der Waals surface area contributed by atoms with E-state index in [2.05, 4.69) is 5.32 Å². The topological polar surface area (TPSA) is 110 Å². The Bertz CT molecular complexity index is 951. The average molecular weight is 391 g/mol. The fraction of sp³-hybridized carbons (Fsp3) is 0.278. The standard InChI is InChI=1S/C18H21N3O5S/c1-4-20(5-2)27(25,26)15-11-9-14(10-12-15)19-18(22)16-7-6-8-17(13(16)3)21(23)24/h6-12H,4-5H2,1-3H3,(H,19,22). The van der Waals surface area contributed by atoms with Gasteiger partial charge in [0.15, 0.2) is 0 Å². The Morgan fingerprint density at radius 1 is 1.11 bits per heavy atom. The molecule has 144 valence electrons. The van der Waals surface area contributed by atoms with Gasteiger partial charge in [0.25, 0.3) is 11.6 Å². The van der Waals surface area contributed by atoms with E-state index in [0.29, 0.717) is 18.8 Å². The summed E-state index contributed by atoms with van der Waals surface area (Å²) in [7, 11) is -3.57. The smallest absolute Gasteiger partial charge is 0.273 e. The van der Waals surface area contributed by atoms with Crippen LogP contribution in [-0.2, 0) is 10.0 Å². The van der Waals surface area contributed by atoms with Crippen LogP contribution >= 0.6 is 0 Å². The summed E-state index contributed by atoms with van der Waals surface area (Å²) in [6.07, 6.45) is 0. The Kier molecular flexibility index (Phi) is 6.29. The fourth-order valence-electron chi connectivity index (χ4n) is 2.69. The summed E-state index contributed by atoms with van der Waals surface area (Å²) in [6.45, 7) is 5.76. The number of hydrogen-bond acceptors (Lipinski definition) is 5. The van der Waals surface area contributed by atoms with Crippen molar-refractivity contribution in [3.63, 3.8) is 0 Å². The van der Waals surface area contributed by atoms with Crippen LogP contribution in [0.2, 0.25) is 0 Å². The van der Waals surface area contributed by atoms with Crippen LogP contribution in [0.4, 0.5) is 11.4 Å². The maximum absolute atomic E-state index is 12.5. The van der Waals surface area contributed by atoms with E-state index >= 15 is 0 Å². The number of nitro groups is 1. The van der Waals surface area contributed by atoms with Gasteiger partial charge < -0.3 is 5.32 Å². The number of nitrogens with zero attached hydrogens (tertiary/aromatic N) is 2. The summed E-state index contributed by atoms with van der Waals surface area (Å²) in [5, 5.41) is 13.6. The Hall–Kier alpha value is -2.78. The Balaban J connectivity index is 2.24. The lowest BCUT2D eigenvalue weighted by Gasteiger charge is -2.18. The van der Waals surface area contributed by atoms with Crippen LogP contribution in [0.5, 0.6) is 0 Å². The highest BCUT2D eigenvalue weighted by atomic mass is 32.2. The van der Waals surface area contributed by atoms with Crippen LogP contribution in [0.25, 0.3) is 0 Å². The van der Waals surface area contributed by atoms with E-state index < -0.39 is 20.9 Å². The molecule has 0 radical (unpaired) electrons. The first kappa shape index (κ1) is 20.5. The lowest BCUT2D eigenvalue weighted by Crippen LogP contribution is -2.30. The second-order valence-electron chi connectivity index (χ2n) is 5.77. The zero-order valence-electron chi connectivity index (χ0n) is 15.3. The largest absolute Gasteiger partial charge is 0.322 e. The molecule has 1 N–H and O–H groups in total. The van der Waals surface area contributed by atoms with Crippen molar-refractivity contribution in [3.05, 3.63) is 63.7 Å². The molecule has 8 nitrogen and oxygen atoms in total. The molecule has 2 aromatic carbocycles. The quantitative estimate of drug-likeness (QED) is 0.576. The van der Waals surface area contributed by atoms with Crippen LogP contribution < -0.4 is 5.32 Å². The third-order valence-electron chi connectivity index (χ3n) is 4.20. The first-order valence-corrected chi connectivity index (χ1v) is 9.82. The molecule has 0 bridgehead atoms. The summed E-state index contributed by atoms with van der Waals surface area (Å²) in [5.74, 6) is -0.504. The summed E-state index contributed by atoms with van der Waals surface area (Å²) < 4.78 is 26.3. The molecule has 0 aromatic heterocycles. The zero-order chi connectivity index (χ0) is 20.2. The van der Waals surface area contributed by atoms with Gasteiger partial charge in [-0.25, -0.2) is 8.42 Å². The first-order chi connectivity index (χ1) is 12.7. The number of sulfonamides is 1. The van der Waals surface area contributed by atoms with E-state index in [1.165, 1.54) is 53.7 Å². The van der Waals surface area contributed by atoms with Crippen molar-refractivity contribution in [2.24, 2.45) is 0 Å². The number of carbonyl (C=O) groups excluding carboxylic acids is 1. The monoisotopic (exact) mass is 391 g/mol. The summed E-state index contributed by atoms with van der Waals surface area (Å²) in [4.78, 5) is 23.0. The predicted molar refractivity (Wildman–Crippen MR) is 102 cm³/mol. The molecule has 0 aliphatic heterocycles. The highest BCUT2D eigenvalue weighted by molar-refractivity contribution is 7.89. The van der Waals surface area contributed by atoms with Gasteiger partial charge in [0.05, 0.1) is 9.82 Å². The van der Waals surface area contributed by atoms with E-state index in [4.69, 9.17) is 0 Å². The molecule has 1 amide bonds. The molecule has 2 rings (SSSR count). The van der Waals surface area contributed by atoms with Crippen molar-refractivity contribution in [1.82, 2.24) is 4.31 Å². The predicted octanol–water partition coefficient (Wildman–Crippen LogP) is 3.19. The molecular formula is C18H21N3O5S. The molecule has 0 aliphatic rings. The number of benzene rings is 2. The minimum absolute atomic E-state index is 0.135. The van der Waals surface area contributed by atoms with Gasteiger partial charge in [0.1, 0.15) is 0 Å². The number of hydrogen-bond donors (Lipinski definition) is 1. The summed E-state index contributed by atoms with van der Waals surface area (Å²) in [5.41, 5.74) is 0.706. The van der Waals surface area contributed by atoms with Gasteiger partial charge in [-0.15, -0.1) is 0 Å². The van der Waals surface area contributed by atoms with E-state index in [-0.39, 0.29) is 21.7 Å². The molecule has 0 heterocycles. The lowest BCUT2D eigenvalue weighted by atomic mass is 10.1. The van der Waals surface area contributed by atoms with E-state index in [9.17, 15) is 23.3 Å². The van der Waals surface area contributed by atoms with E-state index in [1.807, 2.05) is 0 Å². The number of amides is 1. The van der Waals surface area contributed by atoms with Crippen LogP contribution in [0.15, 0.2) is 47.4 Å². The van der Waals surface area contributed by atoms with E-state index in [0.717, 1.165) is 0 Å². The van der Waals surface area contributed by atoms with Crippen LogP contribution in [0.3, 0.4) is 0 Å². The van der Waals surface area contributed by atoms with Gasteiger partial charge >= 0.3 is 0 Å². The average Bonchev–Trinajstić information content (AvgIpc) is 2.62. The number of nitrogens with one attached hydrogen (secondary N) is 1. The number of nitro benzene ring substituents is 1. The molecule has 0 aliphatic carbocycles. The number of rotatable bonds is 7. The van der Waals surface area contributed by atoms with E-state index in [1.54, 1.807) is 13.8 Å². The van der Waals surface area contributed by atoms with Gasteiger partial charge in [-0.1, -0.05) is 19.9 Å². The molecule has 0 spiro atoms. The second-order valence-corrected chi connectivity index (χ2v) is 7.71. The van der Waals surface area contributed by atoms with Crippen LogP contribution in [-0.4, -0.2) is 36.6 Å². The highest BCUT2D eigenvalue weighted by Gasteiger charge is 2.22.